The number of aromatic nitrogens is 1. The zero-order chi connectivity index (χ0) is 30.4. The standard InChI is InChI=1S/C36H40N.C5H12/c1-8-30-32-19-16-28(25(4)22-24(3)26-14-17-29(18-15-26)36(5,6)7)23-33(32)35-31-13-11-10-12-27(31)20-21-37(35)34(30)9-2;1-3-5-4-2/h10-23,30,34H,3,8-9H2,1-2,4-7H3;3-5H2,1-2H3/q+1;/b25-22+;. The molecule has 1 aromatic heterocycles. The van der Waals surface area contributed by atoms with Crippen molar-refractivity contribution in [3.8, 4) is 11.3 Å². The lowest BCUT2D eigenvalue weighted by molar-refractivity contribution is -0.717. The van der Waals surface area contributed by atoms with E-state index in [1.807, 2.05) is 0 Å². The molecule has 0 aliphatic carbocycles. The Balaban J connectivity index is 0.000000748. The summed E-state index contributed by atoms with van der Waals surface area (Å²) in [7, 11) is 0. The van der Waals surface area contributed by atoms with Crippen molar-refractivity contribution in [1.82, 2.24) is 0 Å². The van der Waals surface area contributed by atoms with Crippen molar-refractivity contribution in [2.45, 2.75) is 105 Å². The highest BCUT2D eigenvalue weighted by Gasteiger charge is 2.39. The lowest BCUT2D eigenvalue weighted by Crippen LogP contribution is -2.47. The average Bonchev–Trinajstić information content (AvgIpc) is 3.00. The molecule has 2 unspecified atom stereocenters. The van der Waals surface area contributed by atoms with Crippen molar-refractivity contribution >= 4 is 21.9 Å². The third-order valence-electron chi connectivity index (χ3n) is 8.95. The van der Waals surface area contributed by atoms with Gasteiger partial charge in [0, 0.05) is 18.4 Å². The van der Waals surface area contributed by atoms with Gasteiger partial charge in [-0.25, -0.2) is 0 Å². The number of pyridine rings is 1. The van der Waals surface area contributed by atoms with Gasteiger partial charge in [0.2, 0.25) is 5.69 Å². The summed E-state index contributed by atoms with van der Waals surface area (Å²) in [6, 6.07) is 27.6. The SMILES string of the molecule is C=C(/C=C(\C)c1ccc2c(c1)-c1c3ccccc3cc[n+]1C(CC)C2CC)c1ccc(C(C)(C)C)cc1.CCCCC. The molecular weight excluding hydrogens is 506 g/mol. The summed E-state index contributed by atoms with van der Waals surface area (Å²) < 4.78 is 2.55. The molecule has 3 aromatic carbocycles. The van der Waals surface area contributed by atoms with Crippen molar-refractivity contribution in [3.63, 3.8) is 0 Å². The molecule has 0 saturated heterocycles. The van der Waals surface area contributed by atoms with Gasteiger partial charge in [0.15, 0.2) is 12.2 Å². The number of hydrogen-bond acceptors (Lipinski definition) is 0. The second-order valence-corrected chi connectivity index (χ2v) is 13.0. The van der Waals surface area contributed by atoms with Crippen molar-refractivity contribution in [1.29, 1.82) is 0 Å². The maximum atomic E-state index is 4.41. The molecule has 42 heavy (non-hydrogen) atoms. The first-order chi connectivity index (χ1) is 20.1. The minimum atomic E-state index is 0.153. The maximum Gasteiger partial charge on any atom is 0.220 e. The molecule has 0 bridgehead atoms. The van der Waals surface area contributed by atoms with Crippen LogP contribution in [0.5, 0.6) is 0 Å². The zero-order valence-electron chi connectivity index (χ0n) is 27.4. The van der Waals surface area contributed by atoms with Crippen LogP contribution in [-0.2, 0) is 5.41 Å². The molecule has 0 N–H and O–H groups in total. The molecule has 5 rings (SSSR count). The third-order valence-corrected chi connectivity index (χ3v) is 8.95. The monoisotopic (exact) mass is 558 g/mol. The van der Waals surface area contributed by atoms with Gasteiger partial charge in [0.05, 0.1) is 10.9 Å². The fourth-order valence-corrected chi connectivity index (χ4v) is 6.46. The quantitative estimate of drug-likeness (QED) is 0.157. The van der Waals surface area contributed by atoms with Gasteiger partial charge >= 0.3 is 0 Å². The van der Waals surface area contributed by atoms with E-state index in [0.717, 1.165) is 18.4 Å². The molecule has 1 nitrogen and oxygen atoms in total. The summed E-state index contributed by atoms with van der Waals surface area (Å²) in [6.45, 7) is 22.5. The first-order valence-corrected chi connectivity index (χ1v) is 16.2. The summed E-state index contributed by atoms with van der Waals surface area (Å²) in [5.74, 6) is 0.522. The minimum Gasteiger partial charge on any atom is -0.194 e. The highest BCUT2D eigenvalue weighted by Crippen LogP contribution is 2.44. The van der Waals surface area contributed by atoms with Gasteiger partial charge in [-0.1, -0.05) is 135 Å². The molecule has 2 atom stereocenters. The van der Waals surface area contributed by atoms with Gasteiger partial charge < -0.3 is 0 Å². The smallest absolute Gasteiger partial charge is 0.194 e. The van der Waals surface area contributed by atoms with Crippen molar-refractivity contribution in [3.05, 3.63) is 114 Å². The Hall–Kier alpha value is -3.45. The maximum absolute atomic E-state index is 4.41. The first kappa shape index (κ1) is 31.5. The number of nitrogens with zero attached hydrogens (tertiary/aromatic N) is 1. The number of allylic oxidation sites excluding steroid dienone is 3. The molecule has 0 spiro atoms. The van der Waals surface area contributed by atoms with Gasteiger partial charge in [-0.05, 0) is 69.7 Å². The van der Waals surface area contributed by atoms with Gasteiger partial charge in [-0.2, -0.15) is 4.57 Å². The van der Waals surface area contributed by atoms with E-state index in [1.54, 1.807) is 0 Å². The molecule has 2 heterocycles. The number of unbranched alkanes of at least 4 members (excludes halogenated alkanes) is 2. The van der Waals surface area contributed by atoms with Crippen LogP contribution in [0.1, 0.15) is 122 Å². The van der Waals surface area contributed by atoms with Crippen LogP contribution in [0.4, 0.5) is 0 Å². The summed E-state index contributed by atoms with van der Waals surface area (Å²) in [4.78, 5) is 0. The van der Waals surface area contributed by atoms with E-state index in [4.69, 9.17) is 0 Å². The highest BCUT2D eigenvalue weighted by atomic mass is 15.0. The van der Waals surface area contributed by atoms with E-state index in [2.05, 4.69) is 152 Å². The fourth-order valence-electron chi connectivity index (χ4n) is 6.46. The van der Waals surface area contributed by atoms with Crippen LogP contribution < -0.4 is 4.57 Å². The third kappa shape index (κ3) is 6.62. The number of hydrogen-bond donors (Lipinski definition) is 0. The Bertz CT molecular complexity index is 1540. The van der Waals surface area contributed by atoms with Gasteiger partial charge in [-0.15, -0.1) is 0 Å². The summed E-state index contributed by atoms with van der Waals surface area (Å²) >= 11 is 0. The topological polar surface area (TPSA) is 3.88 Å². The highest BCUT2D eigenvalue weighted by molar-refractivity contribution is 5.95. The predicted molar refractivity (Wildman–Crippen MR) is 185 cm³/mol. The Labute approximate surface area is 256 Å². The van der Waals surface area contributed by atoms with E-state index < -0.39 is 0 Å². The Morgan fingerprint density at radius 3 is 2.10 bits per heavy atom. The minimum absolute atomic E-state index is 0.153. The van der Waals surface area contributed by atoms with Crippen LogP contribution in [0.15, 0.2) is 91.6 Å². The van der Waals surface area contributed by atoms with Crippen LogP contribution in [0.25, 0.3) is 33.2 Å². The molecule has 0 radical (unpaired) electrons. The largest absolute Gasteiger partial charge is 0.220 e. The van der Waals surface area contributed by atoms with Crippen molar-refractivity contribution < 1.29 is 4.57 Å². The Morgan fingerprint density at radius 1 is 0.833 bits per heavy atom. The summed E-state index contributed by atoms with van der Waals surface area (Å²) in [5, 5.41) is 2.63. The number of fused-ring (bicyclic) bond motifs is 5. The van der Waals surface area contributed by atoms with Crippen molar-refractivity contribution in [2.75, 3.05) is 0 Å². The molecule has 220 valence electrons. The molecule has 0 saturated carbocycles. The van der Waals surface area contributed by atoms with Gasteiger partial charge in [0.25, 0.3) is 0 Å². The normalized spacial score (nSPS) is 16.3. The predicted octanol–water partition coefficient (Wildman–Crippen LogP) is 11.9. The van der Waals surface area contributed by atoms with E-state index in [0.29, 0.717) is 12.0 Å². The molecule has 1 aliphatic rings. The number of benzene rings is 3. The molecule has 0 amide bonds. The van der Waals surface area contributed by atoms with Crippen LogP contribution >= 0.6 is 0 Å². The first-order valence-electron chi connectivity index (χ1n) is 16.2. The van der Waals surface area contributed by atoms with Crippen molar-refractivity contribution in [2.24, 2.45) is 0 Å². The molecule has 1 heteroatoms. The van der Waals surface area contributed by atoms with Crippen LogP contribution in [0, 0.1) is 0 Å². The van der Waals surface area contributed by atoms with Crippen LogP contribution in [-0.4, -0.2) is 0 Å². The molecular formula is C41H52N+. The molecule has 4 aromatic rings. The van der Waals surface area contributed by atoms with Crippen LogP contribution in [0.2, 0.25) is 0 Å². The Morgan fingerprint density at radius 2 is 1.50 bits per heavy atom. The zero-order valence-corrected chi connectivity index (χ0v) is 27.4. The number of rotatable bonds is 7. The second-order valence-electron chi connectivity index (χ2n) is 13.0. The fraction of sp³-hybridized carbons (Fsp3) is 0.390. The lowest BCUT2D eigenvalue weighted by atomic mass is 9.78. The van der Waals surface area contributed by atoms with Gasteiger partial charge in [0.1, 0.15) is 0 Å². The van der Waals surface area contributed by atoms with E-state index in [9.17, 15) is 0 Å². The second kappa shape index (κ2) is 13.7. The Kier molecular flexibility index (Phi) is 10.3. The molecule has 0 fully saturated rings. The lowest BCUT2D eigenvalue weighted by Gasteiger charge is -2.30. The molecule has 1 aliphatic heterocycles. The van der Waals surface area contributed by atoms with Gasteiger partial charge in [-0.3, -0.25) is 0 Å². The van der Waals surface area contributed by atoms with Crippen LogP contribution in [0.3, 0.4) is 0 Å². The average molecular weight is 559 g/mol. The summed E-state index contributed by atoms with van der Waals surface area (Å²) in [5.41, 5.74) is 10.4. The van der Waals surface area contributed by atoms with E-state index in [-0.39, 0.29) is 5.41 Å². The van der Waals surface area contributed by atoms with E-state index in [1.165, 1.54) is 69.1 Å². The summed E-state index contributed by atoms with van der Waals surface area (Å²) in [6.07, 6.45) is 10.9. The van der Waals surface area contributed by atoms with E-state index >= 15 is 0 Å².